The number of carbonyl (C=O) groups is 2. The summed E-state index contributed by atoms with van der Waals surface area (Å²) in [6.07, 6.45) is 1.58. The van der Waals surface area contributed by atoms with Crippen molar-refractivity contribution in [2.75, 3.05) is 5.32 Å². The Bertz CT molecular complexity index is 929. The minimum atomic E-state index is -0.710. The van der Waals surface area contributed by atoms with Crippen LogP contribution in [0, 0.1) is 0 Å². The van der Waals surface area contributed by atoms with Crippen molar-refractivity contribution in [2.24, 2.45) is 0 Å². The van der Waals surface area contributed by atoms with Gasteiger partial charge in [0.15, 0.2) is 0 Å². The van der Waals surface area contributed by atoms with Crippen molar-refractivity contribution in [3.05, 3.63) is 59.2 Å². The third-order valence-electron chi connectivity index (χ3n) is 3.58. The molecular formula is C19H17ClN2O3. The van der Waals surface area contributed by atoms with E-state index in [1.54, 1.807) is 42.5 Å². The number of amides is 1. The number of ether oxygens (including phenoxy) is 1. The van der Waals surface area contributed by atoms with E-state index in [4.69, 9.17) is 16.3 Å². The number of nitrogens with one attached hydrogen (secondary N) is 2. The number of aromatic nitrogens is 1. The summed E-state index contributed by atoms with van der Waals surface area (Å²) in [5.74, 6) is -0.639. The van der Waals surface area contributed by atoms with Crippen LogP contribution in [0.2, 0.25) is 5.02 Å². The van der Waals surface area contributed by atoms with E-state index in [0.29, 0.717) is 21.8 Å². The van der Waals surface area contributed by atoms with Crippen molar-refractivity contribution in [1.82, 2.24) is 4.98 Å². The lowest BCUT2D eigenvalue weighted by molar-refractivity contribution is -0.112. The predicted octanol–water partition coefficient (Wildman–Crippen LogP) is 4.43. The first kappa shape index (κ1) is 17.0. The molecule has 0 atom stereocenters. The number of carbonyl (C=O) groups excluding carboxylic acids is 2. The van der Waals surface area contributed by atoms with Crippen molar-refractivity contribution in [1.29, 1.82) is 0 Å². The van der Waals surface area contributed by atoms with Gasteiger partial charge >= 0.3 is 0 Å². The molecule has 2 N–H and O–H groups in total. The van der Waals surface area contributed by atoms with Crippen LogP contribution in [-0.4, -0.2) is 22.8 Å². The van der Waals surface area contributed by atoms with Gasteiger partial charge in [0, 0.05) is 27.8 Å². The fraction of sp³-hybridized carbons (Fsp3) is 0.158. The Balaban J connectivity index is 1.76. The van der Waals surface area contributed by atoms with Crippen LogP contribution in [0.5, 0.6) is 5.75 Å². The molecule has 0 unspecified atom stereocenters. The van der Waals surface area contributed by atoms with Gasteiger partial charge in [-0.05, 0) is 56.3 Å². The molecule has 6 heteroatoms. The number of Topliss-reactive ketones (excluding diaryl/α,β-unsaturated/α-hetero) is 1. The molecule has 0 bridgehead atoms. The van der Waals surface area contributed by atoms with E-state index in [0.717, 1.165) is 5.52 Å². The SMILES string of the molecule is CC(C)Oc1ccc(NC(=O)C(=O)c2c[nH]c3ccc(Cl)cc23)cc1. The fourth-order valence-electron chi connectivity index (χ4n) is 2.48. The summed E-state index contributed by atoms with van der Waals surface area (Å²) in [4.78, 5) is 27.7. The molecule has 25 heavy (non-hydrogen) atoms. The molecule has 2 aromatic carbocycles. The first-order valence-electron chi connectivity index (χ1n) is 7.83. The van der Waals surface area contributed by atoms with E-state index >= 15 is 0 Å². The number of fused-ring (bicyclic) bond motifs is 1. The Kier molecular flexibility index (Phi) is 4.76. The number of benzene rings is 2. The molecule has 1 amide bonds. The van der Waals surface area contributed by atoms with Crippen LogP contribution in [0.3, 0.4) is 0 Å². The summed E-state index contributed by atoms with van der Waals surface area (Å²) < 4.78 is 5.54. The van der Waals surface area contributed by atoms with Crippen LogP contribution >= 0.6 is 11.6 Å². The second kappa shape index (κ2) is 6.99. The highest BCUT2D eigenvalue weighted by Crippen LogP contribution is 2.23. The zero-order valence-corrected chi connectivity index (χ0v) is 14.6. The molecule has 0 fully saturated rings. The third kappa shape index (κ3) is 3.83. The topological polar surface area (TPSA) is 71.2 Å². The van der Waals surface area contributed by atoms with E-state index < -0.39 is 11.7 Å². The van der Waals surface area contributed by atoms with E-state index in [1.165, 1.54) is 6.20 Å². The first-order valence-corrected chi connectivity index (χ1v) is 8.21. The summed E-state index contributed by atoms with van der Waals surface area (Å²) in [5.41, 5.74) is 1.55. The van der Waals surface area contributed by atoms with Gasteiger partial charge in [0.2, 0.25) is 0 Å². The number of halogens is 1. The molecule has 0 spiro atoms. The lowest BCUT2D eigenvalue weighted by Gasteiger charge is -2.10. The monoisotopic (exact) mass is 356 g/mol. The number of H-pyrrole nitrogens is 1. The van der Waals surface area contributed by atoms with Crippen LogP contribution < -0.4 is 10.1 Å². The van der Waals surface area contributed by atoms with Gasteiger partial charge in [-0.1, -0.05) is 11.6 Å². The van der Waals surface area contributed by atoms with Gasteiger partial charge in [-0.3, -0.25) is 9.59 Å². The number of aromatic amines is 1. The summed E-state index contributed by atoms with van der Waals surface area (Å²) in [5, 5.41) is 3.72. The van der Waals surface area contributed by atoms with Gasteiger partial charge in [-0.2, -0.15) is 0 Å². The Morgan fingerprint density at radius 2 is 1.84 bits per heavy atom. The maximum absolute atomic E-state index is 12.4. The molecule has 0 saturated carbocycles. The average Bonchev–Trinajstić information content (AvgIpc) is 2.98. The van der Waals surface area contributed by atoms with Crippen LogP contribution in [0.25, 0.3) is 10.9 Å². The Morgan fingerprint density at radius 3 is 2.52 bits per heavy atom. The summed E-state index contributed by atoms with van der Waals surface area (Å²) in [6.45, 7) is 3.86. The normalized spacial score (nSPS) is 10.9. The highest BCUT2D eigenvalue weighted by atomic mass is 35.5. The highest BCUT2D eigenvalue weighted by Gasteiger charge is 2.20. The van der Waals surface area contributed by atoms with Crippen molar-refractivity contribution in [2.45, 2.75) is 20.0 Å². The minimum Gasteiger partial charge on any atom is -0.491 e. The first-order chi connectivity index (χ1) is 11.9. The molecule has 3 aromatic rings. The Hall–Kier alpha value is -2.79. The minimum absolute atomic E-state index is 0.0655. The molecule has 3 rings (SSSR count). The van der Waals surface area contributed by atoms with Crippen molar-refractivity contribution < 1.29 is 14.3 Å². The summed E-state index contributed by atoms with van der Waals surface area (Å²) >= 11 is 5.97. The second-order valence-corrected chi connectivity index (χ2v) is 6.30. The lowest BCUT2D eigenvalue weighted by atomic mass is 10.1. The Morgan fingerprint density at radius 1 is 1.12 bits per heavy atom. The van der Waals surface area contributed by atoms with E-state index in [1.807, 2.05) is 13.8 Å². The van der Waals surface area contributed by atoms with E-state index in [-0.39, 0.29) is 11.7 Å². The third-order valence-corrected chi connectivity index (χ3v) is 3.81. The van der Waals surface area contributed by atoms with Gasteiger partial charge in [0.25, 0.3) is 11.7 Å². The summed E-state index contributed by atoms with van der Waals surface area (Å²) in [6, 6.07) is 12.0. The smallest absolute Gasteiger partial charge is 0.296 e. The summed E-state index contributed by atoms with van der Waals surface area (Å²) in [7, 11) is 0. The zero-order chi connectivity index (χ0) is 18.0. The molecular weight excluding hydrogens is 340 g/mol. The molecule has 128 valence electrons. The molecule has 0 aliphatic heterocycles. The maximum Gasteiger partial charge on any atom is 0.296 e. The molecule has 0 aliphatic rings. The standard InChI is InChI=1S/C19H17ClN2O3/c1-11(2)25-14-6-4-13(5-7-14)22-19(24)18(23)16-10-21-17-8-3-12(20)9-15(16)17/h3-11,21H,1-2H3,(H,22,24). The van der Waals surface area contributed by atoms with E-state index in [2.05, 4.69) is 10.3 Å². The van der Waals surface area contributed by atoms with Crippen molar-refractivity contribution in [3.63, 3.8) is 0 Å². The number of rotatable bonds is 5. The molecule has 5 nitrogen and oxygen atoms in total. The zero-order valence-electron chi connectivity index (χ0n) is 13.8. The lowest BCUT2D eigenvalue weighted by Crippen LogP contribution is -2.22. The number of anilines is 1. The van der Waals surface area contributed by atoms with E-state index in [9.17, 15) is 9.59 Å². The second-order valence-electron chi connectivity index (χ2n) is 5.87. The van der Waals surface area contributed by atoms with Crippen LogP contribution in [0.1, 0.15) is 24.2 Å². The van der Waals surface area contributed by atoms with Crippen LogP contribution in [0.4, 0.5) is 5.69 Å². The van der Waals surface area contributed by atoms with Crippen molar-refractivity contribution >= 4 is 39.9 Å². The fourth-order valence-corrected chi connectivity index (χ4v) is 2.65. The average molecular weight is 357 g/mol. The Labute approximate surface area is 149 Å². The van der Waals surface area contributed by atoms with Crippen molar-refractivity contribution in [3.8, 4) is 5.75 Å². The predicted molar refractivity (Wildman–Crippen MR) is 98.5 cm³/mol. The van der Waals surface area contributed by atoms with Gasteiger partial charge in [0.05, 0.1) is 11.7 Å². The molecule has 0 aliphatic carbocycles. The van der Waals surface area contributed by atoms with Gasteiger partial charge in [-0.25, -0.2) is 0 Å². The maximum atomic E-state index is 12.4. The van der Waals surface area contributed by atoms with Crippen LogP contribution in [-0.2, 0) is 4.79 Å². The van der Waals surface area contributed by atoms with Gasteiger partial charge < -0.3 is 15.0 Å². The van der Waals surface area contributed by atoms with Gasteiger partial charge in [-0.15, -0.1) is 0 Å². The largest absolute Gasteiger partial charge is 0.491 e. The highest BCUT2D eigenvalue weighted by molar-refractivity contribution is 6.48. The molecule has 1 heterocycles. The number of hydrogen-bond acceptors (Lipinski definition) is 3. The molecule has 0 saturated heterocycles. The van der Waals surface area contributed by atoms with Crippen LogP contribution in [0.15, 0.2) is 48.7 Å². The molecule has 1 aromatic heterocycles. The quantitative estimate of drug-likeness (QED) is 0.524. The van der Waals surface area contributed by atoms with Gasteiger partial charge in [0.1, 0.15) is 5.75 Å². The number of hydrogen-bond donors (Lipinski definition) is 2. The number of ketones is 1. The molecule has 0 radical (unpaired) electrons.